The summed E-state index contributed by atoms with van der Waals surface area (Å²) < 4.78 is 34.5. The van der Waals surface area contributed by atoms with E-state index in [0.29, 0.717) is 44.7 Å². The van der Waals surface area contributed by atoms with Crippen molar-refractivity contribution in [3.63, 3.8) is 0 Å². The number of aromatic nitrogens is 1. The third-order valence-electron chi connectivity index (χ3n) is 6.21. The minimum Gasteiger partial charge on any atom is -0.487 e. The van der Waals surface area contributed by atoms with Crippen molar-refractivity contribution in [1.29, 1.82) is 0 Å². The van der Waals surface area contributed by atoms with Crippen molar-refractivity contribution < 1.29 is 28.5 Å². The molecular formula is C20H22FN3O6. The van der Waals surface area contributed by atoms with Crippen LogP contribution in [-0.4, -0.2) is 54.3 Å². The van der Waals surface area contributed by atoms with Crippen molar-refractivity contribution in [2.24, 2.45) is 0 Å². The molecule has 4 heterocycles. The molecule has 0 bridgehead atoms. The summed E-state index contributed by atoms with van der Waals surface area (Å²) in [6.45, 7) is 4.06. The Bertz CT molecular complexity index is 1110. The van der Waals surface area contributed by atoms with Gasteiger partial charge in [0.2, 0.25) is 5.43 Å². The van der Waals surface area contributed by atoms with Crippen molar-refractivity contribution in [3.8, 4) is 5.75 Å². The predicted octanol–water partition coefficient (Wildman–Crippen LogP) is 1.72. The molecule has 1 aromatic carbocycles. The number of anilines is 2. The number of nitrogens with zero attached hydrogens (tertiary/aromatic N) is 2. The molecule has 2 fully saturated rings. The molecule has 2 saturated heterocycles. The van der Waals surface area contributed by atoms with E-state index in [1.807, 2.05) is 11.8 Å². The summed E-state index contributed by atoms with van der Waals surface area (Å²) in [5.41, 5.74) is 4.95. The van der Waals surface area contributed by atoms with E-state index in [1.165, 1.54) is 6.20 Å². The summed E-state index contributed by atoms with van der Waals surface area (Å²) in [6, 6.07) is -0.249. The van der Waals surface area contributed by atoms with Gasteiger partial charge in [-0.25, -0.2) is 9.18 Å². The number of aromatic carboxylic acids is 1. The molecule has 0 saturated carbocycles. The van der Waals surface area contributed by atoms with Crippen LogP contribution < -0.4 is 20.8 Å². The number of rotatable bonds is 2. The lowest BCUT2D eigenvalue weighted by Crippen LogP contribution is -2.45. The van der Waals surface area contributed by atoms with E-state index in [1.54, 1.807) is 4.57 Å². The highest BCUT2D eigenvalue weighted by Crippen LogP contribution is 2.46. The molecule has 9 nitrogen and oxygen atoms in total. The molecule has 30 heavy (non-hydrogen) atoms. The van der Waals surface area contributed by atoms with Crippen LogP contribution in [0.15, 0.2) is 11.0 Å². The van der Waals surface area contributed by atoms with Gasteiger partial charge in [-0.1, -0.05) is 0 Å². The number of ether oxygens (including phenoxy) is 3. The van der Waals surface area contributed by atoms with Crippen LogP contribution in [0.3, 0.4) is 0 Å². The number of benzene rings is 1. The summed E-state index contributed by atoms with van der Waals surface area (Å²) in [5.74, 6) is -2.57. The first kappa shape index (κ1) is 19.1. The SMILES string of the molecule is CC1COc2c(N3CCC4(CC3)OCCO4)c(F)c(N)c3c(=O)c(C(=O)O)cn1c23. The third kappa shape index (κ3) is 2.60. The second-order valence-corrected chi connectivity index (χ2v) is 7.97. The average molecular weight is 419 g/mol. The van der Waals surface area contributed by atoms with E-state index in [-0.39, 0.29) is 35.2 Å². The Morgan fingerprint density at radius 3 is 2.60 bits per heavy atom. The van der Waals surface area contributed by atoms with Gasteiger partial charge in [0.1, 0.15) is 17.9 Å². The molecule has 1 aromatic heterocycles. The first-order valence-corrected chi connectivity index (χ1v) is 9.92. The number of carbonyl (C=O) groups is 1. The van der Waals surface area contributed by atoms with Gasteiger partial charge in [0.05, 0.1) is 35.8 Å². The van der Waals surface area contributed by atoms with Crippen LogP contribution in [0.5, 0.6) is 5.75 Å². The second-order valence-electron chi connectivity index (χ2n) is 7.97. The van der Waals surface area contributed by atoms with E-state index in [9.17, 15) is 14.7 Å². The maximum atomic E-state index is 15.5. The van der Waals surface area contributed by atoms with E-state index in [0.717, 1.165) is 0 Å². The maximum Gasteiger partial charge on any atom is 0.341 e. The lowest BCUT2D eigenvalue weighted by atomic mass is 10.00. The van der Waals surface area contributed by atoms with Gasteiger partial charge in [-0.2, -0.15) is 0 Å². The number of nitrogens with two attached hydrogens (primary N) is 1. The van der Waals surface area contributed by atoms with E-state index in [2.05, 4.69) is 0 Å². The zero-order valence-corrected chi connectivity index (χ0v) is 16.4. The minimum atomic E-state index is -1.38. The molecule has 160 valence electrons. The number of piperidine rings is 1. The van der Waals surface area contributed by atoms with Gasteiger partial charge in [0, 0.05) is 32.1 Å². The van der Waals surface area contributed by atoms with Gasteiger partial charge >= 0.3 is 5.97 Å². The van der Waals surface area contributed by atoms with E-state index < -0.39 is 28.6 Å². The largest absolute Gasteiger partial charge is 0.487 e. The quantitative estimate of drug-likeness (QED) is 0.707. The zero-order chi connectivity index (χ0) is 21.2. The van der Waals surface area contributed by atoms with Crippen molar-refractivity contribution in [1.82, 2.24) is 4.57 Å². The first-order valence-electron chi connectivity index (χ1n) is 9.92. The predicted molar refractivity (Wildman–Crippen MR) is 106 cm³/mol. The molecule has 3 aliphatic rings. The fourth-order valence-corrected chi connectivity index (χ4v) is 4.62. The van der Waals surface area contributed by atoms with Gasteiger partial charge in [-0.05, 0) is 6.92 Å². The molecule has 1 spiro atoms. The van der Waals surface area contributed by atoms with Crippen molar-refractivity contribution >= 4 is 28.2 Å². The average Bonchev–Trinajstić information content (AvgIpc) is 3.17. The molecule has 3 aliphatic heterocycles. The Balaban J connectivity index is 1.70. The molecule has 1 atom stereocenters. The van der Waals surface area contributed by atoms with Crippen LogP contribution in [0.1, 0.15) is 36.2 Å². The third-order valence-corrected chi connectivity index (χ3v) is 6.21. The Morgan fingerprint density at radius 2 is 1.97 bits per heavy atom. The van der Waals surface area contributed by atoms with Gasteiger partial charge in [0.25, 0.3) is 0 Å². The second kappa shape index (κ2) is 6.58. The highest BCUT2D eigenvalue weighted by molar-refractivity contribution is 6.03. The van der Waals surface area contributed by atoms with Gasteiger partial charge in [-0.3, -0.25) is 4.79 Å². The molecule has 0 amide bonds. The van der Waals surface area contributed by atoms with E-state index in [4.69, 9.17) is 19.9 Å². The number of nitrogen functional groups attached to an aromatic ring is 1. The molecule has 2 aromatic rings. The first-order chi connectivity index (χ1) is 14.3. The summed E-state index contributed by atoms with van der Waals surface area (Å²) >= 11 is 0. The van der Waals surface area contributed by atoms with Crippen LogP contribution in [0.2, 0.25) is 0 Å². The van der Waals surface area contributed by atoms with Crippen LogP contribution in [0.4, 0.5) is 15.8 Å². The summed E-state index contributed by atoms with van der Waals surface area (Å²) in [7, 11) is 0. The van der Waals surface area contributed by atoms with Crippen LogP contribution in [0.25, 0.3) is 10.9 Å². The Hall–Kier alpha value is -2.85. The highest BCUT2D eigenvalue weighted by Gasteiger charge is 2.42. The Morgan fingerprint density at radius 1 is 1.30 bits per heavy atom. The van der Waals surface area contributed by atoms with E-state index >= 15 is 4.39 Å². The van der Waals surface area contributed by atoms with Gasteiger partial charge in [0.15, 0.2) is 17.4 Å². The number of halogens is 1. The molecule has 10 heteroatoms. The fraction of sp³-hybridized carbons (Fsp3) is 0.500. The monoisotopic (exact) mass is 419 g/mol. The minimum absolute atomic E-state index is 0.159. The number of carboxylic acid groups (broad SMARTS) is 1. The molecule has 1 unspecified atom stereocenters. The summed E-state index contributed by atoms with van der Waals surface area (Å²) in [6.07, 6.45) is 2.41. The number of pyridine rings is 1. The Kier molecular flexibility index (Phi) is 4.19. The van der Waals surface area contributed by atoms with Gasteiger partial charge < -0.3 is 34.5 Å². The van der Waals surface area contributed by atoms with Crippen molar-refractivity contribution in [2.45, 2.75) is 31.6 Å². The molecule has 3 N–H and O–H groups in total. The lowest BCUT2D eigenvalue weighted by Gasteiger charge is -2.40. The maximum absolute atomic E-state index is 15.5. The Labute approximate surface area is 170 Å². The summed E-state index contributed by atoms with van der Waals surface area (Å²) in [4.78, 5) is 26.2. The molecule has 0 aliphatic carbocycles. The number of hydrogen-bond acceptors (Lipinski definition) is 7. The van der Waals surface area contributed by atoms with Crippen molar-refractivity contribution in [3.05, 3.63) is 27.8 Å². The normalized spacial score (nSPS) is 22.5. The molecule has 0 radical (unpaired) electrons. The molecule has 5 rings (SSSR count). The summed E-state index contributed by atoms with van der Waals surface area (Å²) in [5, 5.41) is 9.27. The van der Waals surface area contributed by atoms with Crippen LogP contribution in [0, 0.1) is 5.82 Å². The fourth-order valence-electron chi connectivity index (χ4n) is 4.62. The highest BCUT2D eigenvalue weighted by atomic mass is 19.1. The smallest absolute Gasteiger partial charge is 0.341 e. The standard InChI is InChI=1S/C20H22FN3O6/c1-10-9-28-18-15-12(17(25)11(19(26)27)8-24(10)15)14(22)13(21)16(18)23-4-2-20(3-5-23)29-6-7-30-20/h8,10H,2-7,9,22H2,1H3,(H,26,27). The number of carboxylic acids is 1. The zero-order valence-electron chi connectivity index (χ0n) is 16.4. The van der Waals surface area contributed by atoms with Crippen molar-refractivity contribution in [2.75, 3.05) is 43.5 Å². The van der Waals surface area contributed by atoms with Gasteiger partial charge in [-0.15, -0.1) is 0 Å². The topological polar surface area (TPSA) is 116 Å². The van der Waals surface area contributed by atoms with Crippen LogP contribution in [-0.2, 0) is 9.47 Å². The van der Waals surface area contributed by atoms with Crippen LogP contribution >= 0.6 is 0 Å². The molecular weight excluding hydrogens is 397 g/mol. The number of hydrogen-bond donors (Lipinski definition) is 2. The lowest BCUT2D eigenvalue weighted by molar-refractivity contribution is -0.169.